The first-order chi connectivity index (χ1) is 18.8. The number of aryl methyl sites for hydroxylation is 1. The zero-order valence-electron chi connectivity index (χ0n) is 21.7. The van der Waals surface area contributed by atoms with Crippen molar-refractivity contribution in [2.24, 2.45) is 4.99 Å². The molecule has 2 amide bonds. The molecule has 0 bridgehead atoms. The van der Waals surface area contributed by atoms with Gasteiger partial charge in [-0.1, -0.05) is 36.0 Å². The topological polar surface area (TPSA) is 123 Å². The third-order valence-electron chi connectivity index (χ3n) is 6.07. The molecule has 39 heavy (non-hydrogen) atoms. The molecule has 10 nitrogen and oxygen atoms in total. The van der Waals surface area contributed by atoms with Crippen LogP contribution in [-0.4, -0.2) is 52.8 Å². The molecule has 0 spiro atoms. The van der Waals surface area contributed by atoms with Crippen molar-refractivity contribution >= 4 is 45.8 Å². The number of rotatable bonds is 10. The van der Waals surface area contributed by atoms with Gasteiger partial charge in [0.15, 0.2) is 5.17 Å². The lowest BCUT2D eigenvalue weighted by molar-refractivity contribution is -0.384. The van der Waals surface area contributed by atoms with Crippen molar-refractivity contribution in [2.75, 3.05) is 26.1 Å². The zero-order valence-corrected chi connectivity index (χ0v) is 22.6. The number of amides is 2. The van der Waals surface area contributed by atoms with E-state index in [1.165, 1.54) is 37.1 Å². The molecule has 0 aromatic heterocycles. The average Bonchev–Trinajstić information content (AvgIpc) is 3.20. The maximum absolute atomic E-state index is 13.5. The lowest BCUT2D eigenvalue weighted by Crippen LogP contribution is -2.35. The molecular formula is C28H28N4O6S. The molecule has 4 rings (SSSR count). The van der Waals surface area contributed by atoms with Gasteiger partial charge in [-0.3, -0.25) is 24.6 Å². The van der Waals surface area contributed by atoms with Crippen LogP contribution in [-0.2, 0) is 16.0 Å². The van der Waals surface area contributed by atoms with Crippen molar-refractivity contribution in [1.29, 1.82) is 0 Å². The number of nitro groups is 1. The van der Waals surface area contributed by atoms with Crippen LogP contribution >= 0.6 is 11.8 Å². The molecule has 0 radical (unpaired) electrons. The van der Waals surface area contributed by atoms with Crippen LogP contribution in [0.2, 0.25) is 0 Å². The van der Waals surface area contributed by atoms with Gasteiger partial charge in [0, 0.05) is 19.0 Å². The number of aliphatic imine (C=N–C) groups is 1. The van der Waals surface area contributed by atoms with Crippen LogP contribution in [0, 0.1) is 17.0 Å². The number of amidine groups is 1. The van der Waals surface area contributed by atoms with Crippen LogP contribution in [0.25, 0.3) is 0 Å². The molecule has 1 fully saturated rings. The summed E-state index contributed by atoms with van der Waals surface area (Å²) in [6.45, 7) is 2.37. The monoisotopic (exact) mass is 548 g/mol. The summed E-state index contributed by atoms with van der Waals surface area (Å²) in [6, 6.07) is 19.2. The van der Waals surface area contributed by atoms with Gasteiger partial charge in [-0.15, -0.1) is 0 Å². The summed E-state index contributed by atoms with van der Waals surface area (Å²) in [5, 5.41) is 13.6. The lowest BCUT2D eigenvalue weighted by Gasteiger charge is -2.17. The highest BCUT2D eigenvalue weighted by Gasteiger charge is 2.39. The molecule has 11 heteroatoms. The Bertz CT molecular complexity index is 1410. The summed E-state index contributed by atoms with van der Waals surface area (Å²) in [5.41, 5.74) is 2.93. The number of hydrogen-bond donors (Lipinski definition) is 1. The number of carbonyl (C=O) groups is 2. The number of nitro benzene ring substituents is 1. The van der Waals surface area contributed by atoms with Gasteiger partial charge in [-0.25, -0.2) is 4.99 Å². The number of thioether (sulfide) groups is 1. The molecule has 1 atom stereocenters. The van der Waals surface area contributed by atoms with E-state index < -0.39 is 16.1 Å². The van der Waals surface area contributed by atoms with Crippen molar-refractivity contribution in [2.45, 2.75) is 25.0 Å². The lowest BCUT2D eigenvalue weighted by atomic mass is 10.1. The van der Waals surface area contributed by atoms with Crippen LogP contribution in [0.15, 0.2) is 71.7 Å². The van der Waals surface area contributed by atoms with Crippen LogP contribution in [0.5, 0.6) is 11.5 Å². The Labute approximate surface area is 230 Å². The van der Waals surface area contributed by atoms with Gasteiger partial charge in [0.05, 0.1) is 36.6 Å². The number of anilines is 1. The Balaban J connectivity index is 1.51. The van der Waals surface area contributed by atoms with E-state index in [4.69, 9.17) is 14.5 Å². The Morgan fingerprint density at radius 2 is 1.87 bits per heavy atom. The number of hydrogen-bond acceptors (Lipinski definition) is 8. The van der Waals surface area contributed by atoms with E-state index >= 15 is 0 Å². The fourth-order valence-corrected chi connectivity index (χ4v) is 5.22. The number of non-ortho nitro benzene ring substituents is 1. The second-order valence-electron chi connectivity index (χ2n) is 8.82. The second-order valence-corrected chi connectivity index (χ2v) is 9.99. The van der Waals surface area contributed by atoms with Gasteiger partial charge in [0.1, 0.15) is 16.7 Å². The number of nitrogens with zero attached hydrogens (tertiary/aromatic N) is 3. The van der Waals surface area contributed by atoms with Crippen LogP contribution in [0.1, 0.15) is 17.5 Å². The predicted octanol–water partition coefficient (Wildman–Crippen LogP) is 5.12. The van der Waals surface area contributed by atoms with Crippen LogP contribution in [0.4, 0.5) is 17.1 Å². The fraction of sp³-hybridized carbons (Fsp3) is 0.250. The summed E-state index contributed by atoms with van der Waals surface area (Å²) in [5.74, 6) is 0.292. The highest BCUT2D eigenvalue weighted by Crippen LogP contribution is 2.34. The summed E-state index contributed by atoms with van der Waals surface area (Å²) in [7, 11) is 2.97. The molecule has 1 N–H and O–H groups in total. The first kappa shape index (κ1) is 27.6. The Hall–Kier alpha value is -4.38. The van der Waals surface area contributed by atoms with Crippen LogP contribution in [0.3, 0.4) is 0 Å². The molecular weight excluding hydrogens is 520 g/mol. The SMILES string of the molecule is COc1ccc(CCN2C(=O)C(CC(=O)Nc3ccc([N+](=O)[O-])cc3OC)SC2=Nc2cccc(C)c2)cc1. The van der Waals surface area contributed by atoms with E-state index in [9.17, 15) is 19.7 Å². The molecule has 1 aliphatic rings. The van der Waals surface area contributed by atoms with E-state index in [0.717, 1.165) is 22.6 Å². The van der Waals surface area contributed by atoms with Gasteiger partial charge < -0.3 is 14.8 Å². The van der Waals surface area contributed by atoms with Gasteiger partial charge >= 0.3 is 0 Å². The summed E-state index contributed by atoms with van der Waals surface area (Å²) < 4.78 is 10.4. The smallest absolute Gasteiger partial charge is 0.273 e. The minimum absolute atomic E-state index is 0.102. The number of benzene rings is 3. The minimum atomic E-state index is -0.673. The third kappa shape index (κ3) is 6.94. The average molecular weight is 549 g/mol. The second kappa shape index (κ2) is 12.4. The van der Waals surface area contributed by atoms with Crippen molar-refractivity contribution in [3.63, 3.8) is 0 Å². The number of nitrogens with one attached hydrogen (secondary N) is 1. The van der Waals surface area contributed by atoms with E-state index in [0.29, 0.717) is 18.1 Å². The van der Waals surface area contributed by atoms with Crippen molar-refractivity contribution in [3.8, 4) is 11.5 Å². The maximum atomic E-state index is 13.5. The quantitative estimate of drug-likeness (QED) is 0.275. The molecule has 3 aromatic rings. The third-order valence-corrected chi connectivity index (χ3v) is 7.25. The zero-order chi connectivity index (χ0) is 27.9. The molecule has 202 valence electrons. The van der Waals surface area contributed by atoms with Crippen molar-refractivity contribution in [1.82, 2.24) is 4.90 Å². The first-order valence-electron chi connectivity index (χ1n) is 12.2. The predicted molar refractivity (Wildman–Crippen MR) is 151 cm³/mol. The highest BCUT2D eigenvalue weighted by atomic mass is 32.2. The first-order valence-corrected chi connectivity index (χ1v) is 13.0. The standard InChI is InChI=1S/C28H28N4O6S/c1-18-5-4-6-20(15-18)29-28-31(14-13-19-7-10-22(37-2)11-8-19)27(34)25(39-28)17-26(33)30-23-12-9-21(32(35)36)16-24(23)38-3/h4-12,15-16,25H,13-14,17H2,1-3H3,(H,30,33). The molecule has 1 aliphatic heterocycles. The van der Waals surface area contributed by atoms with Gasteiger partial charge in [-0.05, 0) is 54.8 Å². The Morgan fingerprint density at radius 1 is 1.10 bits per heavy atom. The molecule has 0 saturated carbocycles. The number of methoxy groups -OCH3 is 2. The van der Waals surface area contributed by atoms with Crippen LogP contribution < -0.4 is 14.8 Å². The van der Waals surface area contributed by atoms with E-state index in [2.05, 4.69) is 5.32 Å². The number of carbonyl (C=O) groups excluding carboxylic acids is 2. The van der Waals surface area contributed by atoms with Crippen molar-refractivity contribution < 1.29 is 24.0 Å². The maximum Gasteiger partial charge on any atom is 0.273 e. The summed E-state index contributed by atoms with van der Waals surface area (Å²) >= 11 is 1.25. The molecule has 3 aromatic carbocycles. The normalized spacial score (nSPS) is 15.9. The highest BCUT2D eigenvalue weighted by molar-refractivity contribution is 8.15. The molecule has 1 unspecified atom stereocenters. The molecule has 0 aliphatic carbocycles. The Morgan fingerprint density at radius 3 is 2.54 bits per heavy atom. The summed E-state index contributed by atoms with van der Waals surface area (Å²) in [4.78, 5) is 43.2. The molecule has 1 saturated heterocycles. The van der Waals surface area contributed by atoms with Crippen molar-refractivity contribution in [3.05, 3.63) is 88.0 Å². The van der Waals surface area contributed by atoms with Gasteiger partial charge in [0.25, 0.3) is 5.69 Å². The van der Waals surface area contributed by atoms with E-state index in [-0.39, 0.29) is 29.5 Å². The van der Waals surface area contributed by atoms with Gasteiger partial charge in [0.2, 0.25) is 11.8 Å². The largest absolute Gasteiger partial charge is 0.497 e. The minimum Gasteiger partial charge on any atom is -0.497 e. The Kier molecular flexibility index (Phi) is 8.82. The van der Waals surface area contributed by atoms with E-state index in [1.807, 2.05) is 55.5 Å². The number of ether oxygens (including phenoxy) is 2. The molecule has 1 heterocycles. The summed E-state index contributed by atoms with van der Waals surface area (Å²) in [6.07, 6.45) is 0.498. The fourth-order valence-electron chi connectivity index (χ4n) is 4.04. The van der Waals surface area contributed by atoms with E-state index in [1.54, 1.807) is 12.0 Å². The van der Waals surface area contributed by atoms with Gasteiger partial charge in [-0.2, -0.15) is 0 Å².